The number of hydrogen-bond acceptors (Lipinski definition) is 4. The number of nitro benzene ring substituents is 1. The van der Waals surface area contributed by atoms with E-state index in [0.29, 0.717) is 20.4 Å². The number of amides is 2. The van der Waals surface area contributed by atoms with Gasteiger partial charge < -0.3 is 10.2 Å². The van der Waals surface area contributed by atoms with Crippen LogP contribution < -0.4 is 5.32 Å². The normalized spacial score (nSPS) is 13.9. The molecule has 1 fully saturated rings. The Morgan fingerprint density at radius 3 is 2.41 bits per heavy atom. The molecule has 0 atom stereocenters. The van der Waals surface area contributed by atoms with E-state index in [-0.39, 0.29) is 11.6 Å². The Morgan fingerprint density at radius 1 is 1.04 bits per heavy atom. The molecule has 8 heteroatoms. The molecule has 1 saturated heterocycles. The van der Waals surface area contributed by atoms with Crippen LogP contribution >= 0.6 is 22.6 Å². The molecule has 1 N–H and O–H groups in total. The van der Waals surface area contributed by atoms with Crippen LogP contribution in [0.4, 0.5) is 11.4 Å². The number of likely N-dealkylation sites (tertiary alicyclic amines) is 1. The van der Waals surface area contributed by atoms with Gasteiger partial charge in [-0.25, -0.2) is 0 Å². The van der Waals surface area contributed by atoms with Crippen LogP contribution in [0.5, 0.6) is 0 Å². The van der Waals surface area contributed by atoms with Gasteiger partial charge in [-0.2, -0.15) is 0 Å². The van der Waals surface area contributed by atoms with Crippen molar-refractivity contribution in [2.24, 2.45) is 0 Å². The number of para-hydroxylation sites is 1. The van der Waals surface area contributed by atoms with Crippen molar-refractivity contribution >= 4 is 45.8 Å². The number of non-ortho nitro benzene ring substituents is 1. The summed E-state index contributed by atoms with van der Waals surface area (Å²) in [5.41, 5.74) is 1.13. The first-order valence-electron chi connectivity index (χ1n) is 8.61. The van der Waals surface area contributed by atoms with E-state index in [4.69, 9.17) is 0 Å². The Morgan fingerprint density at radius 2 is 1.74 bits per heavy atom. The van der Waals surface area contributed by atoms with Gasteiger partial charge in [0.25, 0.3) is 17.5 Å². The zero-order valence-electron chi connectivity index (χ0n) is 14.5. The molecular formula is C19H18IN3O4. The molecule has 0 saturated carbocycles. The number of hydrogen-bond donors (Lipinski definition) is 1. The predicted molar refractivity (Wildman–Crippen MR) is 110 cm³/mol. The van der Waals surface area contributed by atoms with Gasteiger partial charge in [-0.3, -0.25) is 19.7 Å². The van der Waals surface area contributed by atoms with Gasteiger partial charge in [-0.15, -0.1) is 0 Å². The maximum atomic E-state index is 12.8. The fourth-order valence-corrected chi connectivity index (χ4v) is 3.78. The van der Waals surface area contributed by atoms with Gasteiger partial charge in [-0.05, 0) is 60.1 Å². The monoisotopic (exact) mass is 479 g/mol. The molecule has 1 aliphatic heterocycles. The molecule has 0 aliphatic carbocycles. The molecule has 0 unspecified atom stereocenters. The van der Waals surface area contributed by atoms with Gasteiger partial charge in [0.05, 0.1) is 21.7 Å². The Hall–Kier alpha value is -2.49. The minimum atomic E-state index is -0.504. The molecule has 1 aliphatic rings. The van der Waals surface area contributed by atoms with E-state index in [1.54, 1.807) is 24.3 Å². The molecule has 0 bridgehead atoms. The number of carbonyl (C=O) groups is 2. The highest BCUT2D eigenvalue weighted by Gasteiger charge is 2.22. The molecule has 2 aromatic rings. The van der Waals surface area contributed by atoms with Gasteiger partial charge in [0, 0.05) is 28.8 Å². The van der Waals surface area contributed by atoms with Crippen LogP contribution in [-0.4, -0.2) is 34.7 Å². The Bertz CT molecular complexity index is 894. The molecular weight excluding hydrogens is 461 g/mol. The largest absolute Gasteiger partial charge is 0.339 e. The Balaban J connectivity index is 1.82. The summed E-state index contributed by atoms with van der Waals surface area (Å²) >= 11 is 1.89. The van der Waals surface area contributed by atoms with Gasteiger partial charge in [0.15, 0.2) is 0 Å². The van der Waals surface area contributed by atoms with E-state index in [2.05, 4.69) is 5.32 Å². The summed E-state index contributed by atoms with van der Waals surface area (Å²) in [5, 5.41) is 13.6. The number of anilines is 1. The Labute approximate surface area is 170 Å². The lowest BCUT2D eigenvalue weighted by Gasteiger charge is -2.27. The van der Waals surface area contributed by atoms with E-state index >= 15 is 0 Å². The number of benzene rings is 2. The number of nitrogens with zero attached hydrogens (tertiary/aromatic N) is 2. The molecule has 27 heavy (non-hydrogen) atoms. The van der Waals surface area contributed by atoms with Crippen LogP contribution in [0.2, 0.25) is 0 Å². The third-order valence-corrected chi connectivity index (χ3v) is 5.35. The lowest BCUT2D eigenvalue weighted by Crippen LogP contribution is -2.36. The number of halogens is 1. The second-order valence-electron chi connectivity index (χ2n) is 6.27. The van der Waals surface area contributed by atoms with Crippen LogP contribution in [0.1, 0.15) is 40.0 Å². The summed E-state index contributed by atoms with van der Waals surface area (Å²) < 4.78 is 0.471. The molecule has 0 aromatic heterocycles. The zero-order chi connectivity index (χ0) is 19.4. The van der Waals surface area contributed by atoms with Crippen molar-refractivity contribution in [3.8, 4) is 0 Å². The van der Waals surface area contributed by atoms with E-state index in [0.717, 1.165) is 32.4 Å². The molecule has 0 spiro atoms. The van der Waals surface area contributed by atoms with Crippen molar-refractivity contribution in [1.82, 2.24) is 4.90 Å². The first-order valence-corrected chi connectivity index (χ1v) is 9.69. The van der Waals surface area contributed by atoms with E-state index in [1.807, 2.05) is 27.5 Å². The van der Waals surface area contributed by atoms with E-state index < -0.39 is 10.8 Å². The molecule has 7 nitrogen and oxygen atoms in total. The lowest BCUT2D eigenvalue weighted by atomic mass is 10.1. The summed E-state index contributed by atoms with van der Waals surface area (Å²) in [4.78, 5) is 37.6. The molecule has 1 heterocycles. The van der Waals surface area contributed by atoms with Crippen LogP contribution in [0.3, 0.4) is 0 Å². The van der Waals surface area contributed by atoms with Crippen molar-refractivity contribution in [2.75, 3.05) is 18.4 Å². The lowest BCUT2D eigenvalue weighted by molar-refractivity contribution is -0.384. The van der Waals surface area contributed by atoms with Gasteiger partial charge >= 0.3 is 0 Å². The number of nitro groups is 1. The average molecular weight is 479 g/mol. The number of piperidine rings is 1. The second-order valence-corrected chi connectivity index (χ2v) is 7.44. The third-order valence-electron chi connectivity index (χ3n) is 4.46. The maximum absolute atomic E-state index is 12.8. The molecule has 3 rings (SSSR count). The summed E-state index contributed by atoms with van der Waals surface area (Å²) in [6, 6.07) is 11.0. The summed E-state index contributed by atoms with van der Waals surface area (Å²) in [7, 11) is 0. The standard InChI is InChI=1S/C19H18IN3O4/c20-16-12-13(23(26)27)8-9-14(16)18(24)21-17-7-3-2-6-15(17)19(25)22-10-4-1-5-11-22/h2-3,6-9,12H,1,4-5,10-11H2,(H,21,24). The van der Waals surface area contributed by atoms with E-state index in [1.165, 1.54) is 18.2 Å². The van der Waals surface area contributed by atoms with Crippen LogP contribution in [0, 0.1) is 13.7 Å². The zero-order valence-corrected chi connectivity index (χ0v) is 16.6. The topological polar surface area (TPSA) is 92.6 Å². The highest BCUT2D eigenvalue weighted by atomic mass is 127. The fourth-order valence-electron chi connectivity index (χ4n) is 3.04. The fraction of sp³-hybridized carbons (Fsp3) is 0.263. The molecule has 0 radical (unpaired) electrons. The van der Waals surface area contributed by atoms with Gasteiger partial charge in [0.2, 0.25) is 0 Å². The molecule has 2 amide bonds. The highest BCUT2D eigenvalue weighted by Crippen LogP contribution is 2.23. The third kappa shape index (κ3) is 4.44. The van der Waals surface area contributed by atoms with Gasteiger partial charge in [-0.1, -0.05) is 12.1 Å². The quantitative estimate of drug-likeness (QED) is 0.407. The SMILES string of the molecule is O=C(Nc1ccccc1C(=O)N1CCCCC1)c1ccc([N+](=O)[O-])cc1I. The minimum absolute atomic E-state index is 0.0726. The first-order chi connectivity index (χ1) is 13.0. The van der Waals surface area contributed by atoms with E-state index in [9.17, 15) is 19.7 Å². The molecule has 140 valence electrons. The second kappa shape index (κ2) is 8.47. The summed E-state index contributed by atoms with van der Waals surface area (Å²) in [6.45, 7) is 1.45. The highest BCUT2D eigenvalue weighted by molar-refractivity contribution is 14.1. The Kier molecular flexibility index (Phi) is 6.04. The minimum Gasteiger partial charge on any atom is -0.339 e. The van der Waals surface area contributed by atoms with Crippen LogP contribution in [-0.2, 0) is 0 Å². The summed E-state index contributed by atoms with van der Waals surface area (Å²) in [5.74, 6) is -0.503. The van der Waals surface area contributed by atoms with Gasteiger partial charge in [0.1, 0.15) is 0 Å². The van der Waals surface area contributed by atoms with Crippen molar-refractivity contribution < 1.29 is 14.5 Å². The number of rotatable bonds is 4. The first kappa shape index (κ1) is 19.3. The number of carbonyl (C=O) groups excluding carboxylic acids is 2. The van der Waals surface area contributed by atoms with Crippen molar-refractivity contribution in [3.63, 3.8) is 0 Å². The van der Waals surface area contributed by atoms with Crippen molar-refractivity contribution in [1.29, 1.82) is 0 Å². The predicted octanol–water partition coefficient (Wildman–Crippen LogP) is 4.08. The van der Waals surface area contributed by atoms with Crippen molar-refractivity contribution in [2.45, 2.75) is 19.3 Å². The smallest absolute Gasteiger partial charge is 0.270 e. The summed E-state index contributed by atoms with van der Waals surface area (Å²) in [6.07, 6.45) is 3.10. The average Bonchev–Trinajstić information content (AvgIpc) is 2.68. The maximum Gasteiger partial charge on any atom is 0.270 e. The molecule has 2 aromatic carbocycles. The van der Waals surface area contributed by atoms with Crippen LogP contribution in [0.25, 0.3) is 0 Å². The van der Waals surface area contributed by atoms with Crippen LogP contribution in [0.15, 0.2) is 42.5 Å². The number of nitrogens with one attached hydrogen (secondary N) is 1. The van der Waals surface area contributed by atoms with Crippen molar-refractivity contribution in [3.05, 3.63) is 67.3 Å².